The monoisotopic (exact) mass is 248 g/mol. The van der Waals surface area contributed by atoms with Crippen molar-refractivity contribution >= 4 is 22.7 Å². The average molecular weight is 248 g/mol. The normalized spacial score (nSPS) is 10.5. The largest absolute Gasteiger partial charge is 0.508 e. The van der Waals surface area contributed by atoms with E-state index >= 15 is 0 Å². The van der Waals surface area contributed by atoms with Crippen LogP contribution in [0.1, 0.15) is 16.0 Å². The Hall–Kier alpha value is -1.68. The van der Waals surface area contributed by atoms with Gasteiger partial charge in [-0.2, -0.15) is 0 Å². The lowest BCUT2D eigenvalue weighted by Crippen LogP contribution is -2.01. The van der Waals surface area contributed by atoms with Crippen LogP contribution < -0.4 is 11.1 Å². The second kappa shape index (κ2) is 4.67. The molecule has 1 aromatic heterocycles. The summed E-state index contributed by atoms with van der Waals surface area (Å²) in [5.41, 5.74) is 9.59. The number of hydrogen-bond donors (Lipinski definition) is 3. The summed E-state index contributed by atoms with van der Waals surface area (Å²) < 4.78 is 0. The molecule has 0 aliphatic carbocycles. The summed E-state index contributed by atoms with van der Waals surface area (Å²) in [6.07, 6.45) is 0. The van der Waals surface area contributed by atoms with Crippen molar-refractivity contribution in [2.75, 3.05) is 11.1 Å². The Morgan fingerprint density at radius 1 is 1.29 bits per heavy atom. The maximum atomic E-state index is 9.58. The van der Waals surface area contributed by atoms with Crippen molar-refractivity contribution in [2.24, 2.45) is 0 Å². The van der Waals surface area contributed by atoms with Gasteiger partial charge in [0, 0.05) is 16.3 Å². The number of benzene rings is 1. The number of rotatable bonds is 3. The molecular formula is C13H16N2OS. The molecular weight excluding hydrogens is 232 g/mol. The topological polar surface area (TPSA) is 58.3 Å². The predicted octanol–water partition coefficient (Wildman–Crippen LogP) is 3.26. The van der Waals surface area contributed by atoms with Crippen LogP contribution in [0.25, 0.3) is 0 Å². The number of hydrogen-bond acceptors (Lipinski definition) is 4. The van der Waals surface area contributed by atoms with Crippen LogP contribution in [-0.2, 0) is 6.54 Å². The third-order valence-electron chi connectivity index (χ3n) is 2.76. The summed E-state index contributed by atoms with van der Waals surface area (Å²) in [6, 6.07) is 5.64. The third kappa shape index (κ3) is 2.53. The number of anilines is 2. The van der Waals surface area contributed by atoms with Crippen molar-refractivity contribution in [3.05, 3.63) is 39.6 Å². The quantitative estimate of drug-likeness (QED) is 0.731. The average Bonchev–Trinajstić information content (AvgIpc) is 2.68. The third-order valence-corrected chi connectivity index (χ3v) is 3.70. The van der Waals surface area contributed by atoms with Gasteiger partial charge in [0.05, 0.1) is 6.54 Å². The molecule has 17 heavy (non-hydrogen) atoms. The highest BCUT2D eigenvalue weighted by molar-refractivity contribution is 7.10. The Kier molecular flexibility index (Phi) is 3.24. The zero-order valence-corrected chi connectivity index (χ0v) is 10.8. The number of aryl methyl sites for hydroxylation is 2. The smallest absolute Gasteiger partial charge is 0.118 e. The number of nitrogens with one attached hydrogen (secondary N) is 1. The Morgan fingerprint density at radius 2 is 2.06 bits per heavy atom. The van der Waals surface area contributed by atoms with Crippen LogP contribution in [0.2, 0.25) is 0 Å². The molecule has 1 aromatic carbocycles. The second-order valence-corrected chi connectivity index (χ2v) is 5.11. The summed E-state index contributed by atoms with van der Waals surface area (Å²) in [5, 5.41) is 14.9. The predicted molar refractivity (Wildman–Crippen MR) is 73.6 cm³/mol. The van der Waals surface area contributed by atoms with Gasteiger partial charge in [-0.05, 0) is 48.6 Å². The van der Waals surface area contributed by atoms with E-state index in [9.17, 15) is 5.11 Å². The van der Waals surface area contributed by atoms with E-state index < -0.39 is 0 Å². The van der Waals surface area contributed by atoms with Gasteiger partial charge in [-0.15, -0.1) is 11.3 Å². The fourth-order valence-electron chi connectivity index (χ4n) is 1.66. The number of nitrogens with two attached hydrogens (primary N) is 1. The van der Waals surface area contributed by atoms with Crippen LogP contribution in [0.4, 0.5) is 11.4 Å². The lowest BCUT2D eigenvalue weighted by Gasteiger charge is -2.11. The summed E-state index contributed by atoms with van der Waals surface area (Å²) >= 11 is 1.65. The summed E-state index contributed by atoms with van der Waals surface area (Å²) in [6.45, 7) is 4.58. The molecule has 0 saturated heterocycles. The molecule has 0 radical (unpaired) electrons. The van der Waals surface area contributed by atoms with Gasteiger partial charge in [0.15, 0.2) is 0 Å². The van der Waals surface area contributed by atoms with E-state index in [0.29, 0.717) is 12.3 Å². The van der Waals surface area contributed by atoms with Crippen LogP contribution in [0.5, 0.6) is 5.75 Å². The second-order valence-electron chi connectivity index (χ2n) is 4.11. The highest BCUT2D eigenvalue weighted by Gasteiger charge is 2.05. The number of thiophene rings is 1. The lowest BCUT2D eigenvalue weighted by atomic mass is 10.1. The van der Waals surface area contributed by atoms with E-state index in [1.165, 1.54) is 0 Å². The van der Waals surface area contributed by atoms with Gasteiger partial charge < -0.3 is 16.2 Å². The van der Waals surface area contributed by atoms with Crippen molar-refractivity contribution < 1.29 is 5.11 Å². The van der Waals surface area contributed by atoms with Gasteiger partial charge in [-0.1, -0.05) is 0 Å². The van der Waals surface area contributed by atoms with Crippen molar-refractivity contribution in [3.63, 3.8) is 0 Å². The molecule has 0 aliphatic rings. The first kappa shape index (κ1) is 11.8. The Balaban J connectivity index is 2.14. The van der Waals surface area contributed by atoms with E-state index in [4.69, 9.17) is 5.73 Å². The van der Waals surface area contributed by atoms with E-state index in [0.717, 1.165) is 27.4 Å². The first-order chi connectivity index (χ1) is 8.08. The molecule has 0 spiro atoms. The standard InChI is InChI=1S/C13H16N2OS/c1-8-6-12(16)9(2)5-11(8)15-7-13-10(14)3-4-17-13/h3-6,15-16H,7,14H2,1-2H3. The van der Waals surface area contributed by atoms with Gasteiger partial charge >= 0.3 is 0 Å². The van der Waals surface area contributed by atoms with Crippen molar-refractivity contribution in [2.45, 2.75) is 20.4 Å². The fourth-order valence-corrected chi connectivity index (χ4v) is 2.40. The molecule has 4 N–H and O–H groups in total. The SMILES string of the molecule is Cc1cc(NCc2sccc2N)c(C)cc1O. The van der Waals surface area contributed by atoms with E-state index in [1.807, 2.05) is 31.4 Å². The molecule has 0 unspecified atom stereocenters. The highest BCUT2D eigenvalue weighted by atomic mass is 32.1. The maximum absolute atomic E-state index is 9.58. The van der Waals surface area contributed by atoms with E-state index in [2.05, 4.69) is 5.32 Å². The van der Waals surface area contributed by atoms with Crippen LogP contribution >= 0.6 is 11.3 Å². The number of phenolic OH excluding ortho intramolecular Hbond substituents is 1. The number of aromatic hydroxyl groups is 1. The molecule has 0 atom stereocenters. The molecule has 0 amide bonds. The maximum Gasteiger partial charge on any atom is 0.118 e. The van der Waals surface area contributed by atoms with Gasteiger partial charge in [0.1, 0.15) is 5.75 Å². The van der Waals surface area contributed by atoms with Gasteiger partial charge in [0.25, 0.3) is 0 Å². The Morgan fingerprint density at radius 3 is 2.71 bits per heavy atom. The van der Waals surface area contributed by atoms with Crippen LogP contribution in [0.3, 0.4) is 0 Å². The number of nitrogen functional groups attached to an aromatic ring is 1. The molecule has 2 aromatic rings. The first-order valence-corrected chi connectivity index (χ1v) is 6.32. The zero-order chi connectivity index (χ0) is 12.4. The molecule has 3 nitrogen and oxygen atoms in total. The lowest BCUT2D eigenvalue weighted by molar-refractivity contribution is 0.471. The number of phenols is 1. The Labute approximate surface area is 105 Å². The minimum absolute atomic E-state index is 0.337. The fraction of sp³-hybridized carbons (Fsp3) is 0.231. The highest BCUT2D eigenvalue weighted by Crippen LogP contribution is 2.26. The van der Waals surface area contributed by atoms with Gasteiger partial charge in [-0.25, -0.2) is 0 Å². The van der Waals surface area contributed by atoms with Crippen molar-refractivity contribution in [3.8, 4) is 5.75 Å². The van der Waals surface area contributed by atoms with E-state index in [1.54, 1.807) is 17.4 Å². The van der Waals surface area contributed by atoms with Crippen LogP contribution in [0.15, 0.2) is 23.6 Å². The first-order valence-electron chi connectivity index (χ1n) is 5.44. The molecule has 1 heterocycles. The summed E-state index contributed by atoms with van der Waals surface area (Å²) in [4.78, 5) is 1.13. The molecule has 2 rings (SSSR count). The molecule has 0 saturated carbocycles. The molecule has 90 valence electrons. The molecule has 0 fully saturated rings. The molecule has 0 aliphatic heterocycles. The van der Waals surface area contributed by atoms with Crippen molar-refractivity contribution in [1.29, 1.82) is 0 Å². The zero-order valence-electron chi connectivity index (χ0n) is 9.95. The van der Waals surface area contributed by atoms with Gasteiger partial charge in [0.2, 0.25) is 0 Å². The van der Waals surface area contributed by atoms with E-state index in [-0.39, 0.29) is 0 Å². The minimum atomic E-state index is 0.337. The molecule has 4 heteroatoms. The van der Waals surface area contributed by atoms with Crippen LogP contribution in [-0.4, -0.2) is 5.11 Å². The Bertz CT molecular complexity index is 534. The van der Waals surface area contributed by atoms with Crippen LogP contribution in [0, 0.1) is 13.8 Å². The summed E-state index contributed by atoms with van der Waals surface area (Å²) in [7, 11) is 0. The van der Waals surface area contributed by atoms with Gasteiger partial charge in [-0.3, -0.25) is 0 Å². The van der Waals surface area contributed by atoms with Crippen molar-refractivity contribution in [1.82, 2.24) is 0 Å². The molecule has 0 bridgehead atoms. The minimum Gasteiger partial charge on any atom is -0.508 e. The summed E-state index contributed by atoms with van der Waals surface area (Å²) in [5.74, 6) is 0.337.